The van der Waals surface area contributed by atoms with E-state index in [0.29, 0.717) is 23.8 Å². The van der Waals surface area contributed by atoms with Crippen molar-refractivity contribution in [1.82, 2.24) is 5.48 Å². The van der Waals surface area contributed by atoms with Crippen LogP contribution in [0.15, 0.2) is 48.5 Å². The summed E-state index contributed by atoms with van der Waals surface area (Å²) in [6.07, 6.45) is 1.15. The SMILES string of the molecule is CCCCOc1ccc(C(=O)NOC(=O)Nc2ccccc2)cc1OC. The summed E-state index contributed by atoms with van der Waals surface area (Å²) in [5.41, 5.74) is 2.93. The van der Waals surface area contributed by atoms with Crippen LogP contribution in [-0.2, 0) is 4.84 Å². The molecule has 0 aliphatic carbocycles. The highest BCUT2D eigenvalue weighted by Crippen LogP contribution is 2.28. The molecule has 0 saturated heterocycles. The van der Waals surface area contributed by atoms with Gasteiger partial charge in [0.25, 0.3) is 5.91 Å². The number of hydroxylamine groups is 1. The Labute approximate surface area is 152 Å². The van der Waals surface area contributed by atoms with Gasteiger partial charge in [0.2, 0.25) is 0 Å². The van der Waals surface area contributed by atoms with Crippen LogP contribution in [0, 0.1) is 0 Å². The number of amides is 2. The minimum Gasteiger partial charge on any atom is -0.493 e. The molecule has 7 nitrogen and oxygen atoms in total. The van der Waals surface area contributed by atoms with Crippen LogP contribution in [0.3, 0.4) is 0 Å². The van der Waals surface area contributed by atoms with Gasteiger partial charge in [0.15, 0.2) is 11.5 Å². The number of carbonyl (C=O) groups excluding carboxylic acids is 2. The molecular formula is C19H22N2O5. The number of rotatable bonds is 7. The van der Waals surface area contributed by atoms with Gasteiger partial charge in [0.1, 0.15) is 0 Å². The fourth-order valence-electron chi connectivity index (χ4n) is 2.07. The Morgan fingerprint density at radius 2 is 1.81 bits per heavy atom. The maximum atomic E-state index is 12.1. The number of unbranched alkanes of at least 4 members (excludes halogenated alkanes) is 1. The maximum absolute atomic E-state index is 12.1. The third kappa shape index (κ3) is 5.70. The Morgan fingerprint density at radius 3 is 2.50 bits per heavy atom. The Balaban J connectivity index is 1.91. The summed E-state index contributed by atoms with van der Waals surface area (Å²) in [6, 6.07) is 13.5. The minimum atomic E-state index is -0.795. The van der Waals surface area contributed by atoms with Crippen molar-refractivity contribution < 1.29 is 23.9 Å². The van der Waals surface area contributed by atoms with Crippen molar-refractivity contribution in [2.75, 3.05) is 19.0 Å². The minimum absolute atomic E-state index is 0.275. The summed E-state index contributed by atoms with van der Waals surface area (Å²) in [7, 11) is 1.49. The van der Waals surface area contributed by atoms with E-state index in [1.807, 2.05) is 6.07 Å². The lowest BCUT2D eigenvalue weighted by molar-refractivity contribution is 0.0614. The van der Waals surface area contributed by atoms with Crippen LogP contribution in [-0.4, -0.2) is 25.7 Å². The van der Waals surface area contributed by atoms with E-state index in [-0.39, 0.29) is 5.56 Å². The number of anilines is 1. The van der Waals surface area contributed by atoms with Gasteiger partial charge in [-0.1, -0.05) is 31.5 Å². The van der Waals surface area contributed by atoms with E-state index in [0.717, 1.165) is 12.8 Å². The molecule has 2 N–H and O–H groups in total. The fraction of sp³-hybridized carbons (Fsp3) is 0.263. The molecule has 0 bridgehead atoms. The summed E-state index contributed by atoms with van der Waals surface area (Å²) in [5.74, 6) is 0.411. The molecule has 2 amide bonds. The van der Waals surface area contributed by atoms with Crippen LogP contribution >= 0.6 is 0 Å². The summed E-state index contributed by atoms with van der Waals surface area (Å²) >= 11 is 0. The van der Waals surface area contributed by atoms with Crippen LogP contribution in [0.25, 0.3) is 0 Å². The molecule has 0 spiro atoms. The predicted octanol–water partition coefficient (Wildman–Crippen LogP) is 3.77. The standard InChI is InChI=1S/C19H22N2O5/c1-3-4-12-25-16-11-10-14(13-17(16)24-2)18(22)21-26-19(23)20-15-8-6-5-7-9-15/h5-11,13H,3-4,12H2,1-2H3,(H,20,23)(H,21,22). The predicted molar refractivity (Wildman–Crippen MR) is 97.4 cm³/mol. The number of hydrogen-bond donors (Lipinski definition) is 2. The van der Waals surface area contributed by atoms with Crippen LogP contribution in [0.5, 0.6) is 11.5 Å². The lowest BCUT2D eigenvalue weighted by Gasteiger charge is -2.12. The molecule has 138 valence electrons. The summed E-state index contributed by atoms with van der Waals surface area (Å²) in [5, 5.41) is 2.49. The van der Waals surface area contributed by atoms with Gasteiger partial charge in [-0.2, -0.15) is 5.48 Å². The van der Waals surface area contributed by atoms with Crippen LogP contribution in [0.2, 0.25) is 0 Å². The van der Waals surface area contributed by atoms with Crippen molar-refractivity contribution >= 4 is 17.7 Å². The van der Waals surface area contributed by atoms with Gasteiger partial charge in [0.05, 0.1) is 13.7 Å². The van der Waals surface area contributed by atoms with Crippen molar-refractivity contribution in [2.45, 2.75) is 19.8 Å². The van der Waals surface area contributed by atoms with E-state index in [4.69, 9.17) is 14.3 Å². The molecule has 0 saturated carbocycles. The monoisotopic (exact) mass is 358 g/mol. The van der Waals surface area contributed by atoms with Crippen molar-refractivity contribution in [3.63, 3.8) is 0 Å². The smallest absolute Gasteiger partial charge is 0.436 e. The number of benzene rings is 2. The van der Waals surface area contributed by atoms with E-state index in [1.54, 1.807) is 36.4 Å². The topological polar surface area (TPSA) is 85.9 Å². The molecule has 0 aliphatic heterocycles. The van der Waals surface area contributed by atoms with Gasteiger partial charge in [0, 0.05) is 11.3 Å². The first-order chi connectivity index (χ1) is 12.6. The van der Waals surface area contributed by atoms with Crippen LogP contribution in [0.4, 0.5) is 10.5 Å². The van der Waals surface area contributed by atoms with E-state index in [2.05, 4.69) is 17.7 Å². The fourth-order valence-corrected chi connectivity index (χ4v) is 2.07. The first-order valence-electron chi connectivity index (χ1n) is 8.28. The third-order valence-electron chi connectivity index (χ3n) is 3.44. The second kappa shape index (κ2) is 9.93. The molecule has 0 aromatic heterocycles. The number of ether oxygens (including phenoxy) is 2. The van der Waals surface area contributed by atoms with Gasteiger partial charge in [-0.15, -0.1) is 0 Å². The first-order valence-corrected chi connectivity index (χ1v) is 8.28. The molecule has 2 aromatic carbocycles. The zero-order chi connectivity index (χ0) is 18.8. The number of carbonyl (C=O) groups is 2. The molecule has 0 atom stereocenters. The van der Waals surface area contributed by atoms with E-state index >= 15 is 0 Å². The lowest BCUT2D eigenvalue weighted by Crippen LogP contribution is -2.29. The summed E-state index contributed by atoms with van der Waals surface area (Å²) in [6.45, 7) is 2.64. The van der Waals surface area contributed by atoms with Crippen LogP contribution < -0.4 is 20.3 Å². The van der Waals surface area contributed by atoms with Crippen molar-refractivity contribution in [3.05, 3.63) is 54.1 Å². The Kier molecular flexibility index (Phi) is 7.30. The molecule has 0 unspecified atom stereocenters. The average molecular weight is 358 g/mol. The van der Waals surface area contributed by atoms with Crippen LogP contribution in [0.1, 0.15) is 30.1 Å². The van der Waals surface area contributed by atoms with Gasteiger partial charge in [-0.3, -0.25) is 10.1 Å². The molecule has 7 heteroatoms. The van der Waals surface area contributed by atoms with Gasteiger partial charge in [-0.25, -0.2) is 4.79 Å². The zero-order valence-electron chi connectivity index (χ0n) is 14.8. The Hall–Kier alpha value is -3.22. The number of hydrogen-bond acceptors (Lipinski definition) is 5. The highest BCUT2D eigenvalue weighted by Gasteiger charge is 2.13. The summed E-state index contributed by atoms with van der Waals surface area (Å²) in [4.78, 5) is 28.5. The Bertz CT molecular complexity index is 734. The molecular weight excluding hydrogens is 336 g/mol. The lowest BCUT2D eigenvalue weighted by atomic mass is 10.2. The Morgan fingerprint density at radius 1 is 1.04 bits per heavy atom. The van der Waals surface area contributed by atoms with E-state index in [1.165, 1.54) is 13.2 Å². The van der Waals surface area contributed by atoms with E-state index < -0.39 is 12.0 Å². The molecule has 0 heterocycles. The molecule has 2 rings (SSSR count). The van der Waals surface area contributed by atoms with Crippen molar-refractivity contribution in [3.8, 4) is 11.5 Å². The average Bonchev–Trinajstić information content (AvgIpc) is 2.67. The number of methoxy groups -OCH3 is 1. The second-order valence-corrected chi connectivity index (χ2v) is 5.38. The van der Waals surface area contributed by atoms with E-state index in [9.17, 15) is 9.59 Å². The van der Waals surface area contributed by atoms with Crippen molar-refractivity contribution in [1.29, 1.82) is 0 Å². The zero-order valence-corrected chi connectivity index (χ0v) is 14.8. The highest BCUT2D eigenvalue weighted by molar-refractivity contribution is 5.95. The normalized spacial score (nSPS) is 9.92. The molecule has 0 fully saturated rings. The second-order valence-electron chi connectivity index (χ2n) is 5.38. The maximum Gasteiger partial charge on any atom is 0.436 e. The molecule has 0 radical (unpaired) electrons. The first kappa shape index (κ1) is 19.1. The summed E-state index contributed by atoms with van der Waals surface area (Å²) < 4.78 is 10.9. The third-order valence-corrected chi connectivity index (χ3v) is 3.44. The molecule has 0 aliphatic rings. The largest absolute Gasteiger partial charge is 0.493 e. The highest BCUT2D eigenvalue weighted by atomic mass is 16.7. The molecule has 26 heavy (non-hydrogen) atoms. The van der Waals surface area contributed by atoms with Gasteiger partial charge in [-0.05, 0) is 36.8 Å². The number of nitrogens with one attached hydrogen (secondary N) is 2. The van der Waals surface area contributed by atoms with Gasteiger partial charge < -0.3 is 14.3 Å². The molecule has 2 aromatic rings. The number of para-hydroxylation sites is 1. The quantitative estimate of drug-likeness (QED) is 0.581. The van der Waals surface area contributed by atoms with Gasteiger partial charge >= 0.3 is 6.09 Å². The van der Waals surface area contributed by atoms with Crippen molar-refractivity contribution in [2.24, 2.45) is 0 Å².